The highest BCUT2D eigenvalue weighted by atomic mass is 32.0. The molecule has 2 amide bonds. The van der Waals surface area contributed by atoms with E-state index in [4.69, 9.17) is 5.11 Å². The summed E-state index contributed by atoms with van der Waals surface area (Å²) in [5, 5.41) is 13.7. The smallest absolute Gasteiger partial charge is 0.248 e. The standard InChI is InChI=1S/C6H14N2O3P2/c1-2-5(10)7-4(3-9)6(11)8-13-12/h4,9,13H,2-3,12H2,1H3,(H,7,10)(H,8,11). The lowest BCUT2D eigenvalue weighted by Crippen LogP contribution is -2.46. The monoisotopic (exact) mass is 224 g/mol. The zero-order valence-corrected chi connectivity index (χ0v) is 9.49. The molecule has 0 aromatic heterocycles. The Labute approximate surface area is 81.0 Å². The third kappa shape index (κ3) is 5.14. The molecule has 13 heavy (non-hydrogen) atoms. The van der Waals surface area contributed by atoms with Crippen LogP contribution in [0, 0.1) is 0 Å². The van der Waals surface area contributed by atoms with Crippen LogP contribution in [0.5, 0.6) is 0 Å². The highest BCUT2D eigenvalue weighted by Crippen LogP contribution is 2.13. The number of hydrogen-bond donors (Lipinski definition) is 3. The Bertz CT molecular complexity index is 189. The predicted octanol–water partition coefficient (Wildman–Crippen LogP) is -0.627. The number of hydrogen-bond acceptors (Lipinski definition) is 3. The second-order valence-electron chi connectivity index (χ2n) is 2.29. The van der Waals surface area contributed by atoms with E-state index in [1.54, 1.807) is 6.92 Å². The van der Waals surface area contributed by atoms with Gasteiger partial charge >= 0.3 is 0 Å². The molecule has 76 valence electrons. The van der Waals surface area contributed by atoms with Crippen LogP contribution in [-0.2, 0) is 9.59 Å². The van der Waals surface area contributed by atoms with Gasteiger partial charge in [0.15, 0.2) is 0 Å². The molecule has 0 aliphatic carbocycles. The topological polar surface area (TPSA) is 78.4 Å². The number of aliphatic hydroxyl groups excluding tert-OH is 1. The van der Waals surface area contributed by atoms with E-state index in [9.17, 15) is 9.59 Å². The summed E-state index contributed by atoms with van der Waals surface area (Å²) in [6, 6.07) is -0.833. The summed E-state index contributed by atoms with van der Waals surface area (Å²) < 4.78 is 0. The molecule has 0 rings (SSSR count). The van der Waals surface area contributed by atoms with Crippen LogP contribution in [0.4, 0.5) is 0 Å². The van der Waals surface area contributed by atoms with Gasteiger partial charge in [0.1, 0.15) is 6.04 Å². The first-order chi connectivity index (χ1) is 6.15. The Balaban J connectivity index is 4.01. The number of carbonyl (C=O) groups excluding carboxylic acids is 2. The quantitative estimate of drug-likeness (QED) is 0.544. The summed E-state index contributed by atoms with van der Waals surface area (Å²) >= 11 is 0. The maximum atomic E-state index is 11.1. The number of amides is 2. The Morgan fingerprint density at radius 3 is 2.62 bits per heavy atom. The molecule has 0 aromatic carbocycles. The second-order valence-corrected chi connectivity index (χ2v) is 3.69. The summed E-state index contributed by atoms with van der Waals surface area (Å²) in [6.45, 7) is 1.30. The minimum absolute atomic E-state index is 0.186. The predicted molar refractivity (Wildman–Crippen MR) is 55.5 cm³/mol. The van der Waals surface area contributed by atoms with E-state index in [0.717, 1.165) is 0 Å². The van der Waals surface area contributed by atoms with E-state index < -0.39 is 6.04 Å². The zero-order valence-electron chi connectivity index (χ0n) is 7.33. The second kappa shape index (κ2) is 7.19. The van der Waals surface area contributed by atoms with Crippen LogP contribution in [0.3, 0.4) is 0 Å². The van der Waals surface area contributed by atoms with Gasteiger partial charge in [-0.1, -0.05) is 15.9 Å². The average Bonchev–Trinajstić information content (AvgIpc) is 2.14. The van der Waals surface area contributed by atoms with E-state index in [0.29, 0.717) is 6.42 Å². The van der Waals surface area contributed by atoms with Gasteiger partial charge in [0.25, 0.3) is 0 Å². The molecule has 0 aliphatic heterocycles. The Morgan fingerprint density at radius 2 is 2.23 bits per heavy atom. The Morgan fingerprint density at radius 1 is 1.62 bits per heavy atom. The van der Waals surface area contributed by atoms with Crippen LogP contribution in [0.25, 0.3) is 0 Å². The largest absolute Gasteiger partial charge is 0.394 e. The van der Waals surface area contributed by atoms with E-state index >= 15 is 0 Å². The first-order valence-electron chi connectivity index (χ1n) is 3.81. The molecule has 5 nitrogen and oxygen atoms in total. The van der Waals surface area contributed by atoms with Gasteiger partial charge in [-0.2, -0.15) is 0 Å². The molecule has 0 spiro atoms. The highest BCUT2D eigenvalue weighted by Gasteiger charge is 2.17. The zero-order chi connectivity index (χ0) is 10.3. The Kier molecular flexibility index (Phi) is 7.06. The maximum Gasteiger partial charge on any atom is 0.248 e. The van der Waals surface area contributed by atoms with Crippen LogP contribution in [0.2, 0.25) is 0 Å². The van der Waals surface area contributed by atoms with E-state index in [1.165, 1.54) is 0 Å². The summed E-state index contributed by atoms with van der Waals surface area (Å²) in [7, 11) is 2.53. The minimum Gasteiger partial charge on any atom is -0.394 e. The third-order valence-electron chi connectivity index (χ3n) is 1.35. The van der Waals surface area contributed by atoms with Crippen molar-refractivity contribution in [3.63, 3.8) is 0 Å². The molecule has 0 saturated carbocycles. The summed E-state index contributed by atoms with van der Waals surface area (Å²) in [4.78, 5) is 22.0. The van der Waals surface area contributed by atoms with Crippen LogP contribution < -0.4 is 10.4 Å². The van der Waals surface area contributed by atoms with Crippen molar-refractivity contribution in [2.24, 2.45) is 0 Å². The minimum atomic E-state index is -0.833. The fourth-order valence-corrected chi connectivity index (χ4v) is 1.39. The lowest BCUT2D eigenvalue weighted by molar-refractivity contribution is -0.128. The maximum absolute atomic E-state index is 11.1. The van der Waals surface area contributed by atoms with Crippen LogP contribution in [-0.4, -0.2) is 29.6 Å². The number of rotatable bonds is 5. The first kappa shape index (κ1) is 12.8. The fourth-order valence-electron chi connectivity index (χ4n) is 0.649. The van der Waals surface area contributed by atoms with Crippen molar-refractivity contribution in [3.8, 4) is 0 Å². The Hall–Kier alpha value is -0.240. The molecule has 0 bridgehead atoms. The van der Waals surface area contributed by atoms with Gasteiger partial charge in [-0.3, -0.25) is 9.59 Å². The van der Waals surface area contributed by atoms with Crippen molar-refractivity contribution in [2.75, 3.05) is 6.61 Å². The van der Waals surface area contributed by atoms with Gasteiger partial charge in [0.05, 0.1) is 6.61 Å². The molecular formula is C6H14N2O3P2. The first-order valence-corrected chi connectivity index (χ1v) is 6.62. The lowest BCUT2D eigenvalue weighted by Gasteiger charge is -2.14. The number of aliphatic hydroxyl groups is 1. The highest BCUT2D eigenvalue weighted by molar-refractivity contribution is 8.02. The van der Waals surface area contributed by atoms with Gasteiger partial charge in [0, 0.05) is 6.42 Å². The van der Waals surface area contributed by atoms with E-state index in [1.807, 2.05) is 0 Å². The van der Waals surface area contributed by atoms with Gasteiger partial charge < -0.3 is 15.5 Å². The van der Waals surface area contributed by atoms with Crippen molar-refractivity contribution >= 4 is 29.2 Å². The van der Waals surface area contributed by atoms with Crippen LogP contribution >= 0.6 is 17.3 Å². The molecule has 3 atom stereocenters. The molecule has 3 unspecified atom stereocenters. The van der Waals surface area contributed by atoms with Gasteiger partial charge in [0.2, 0.25) is 11.8 Å². The molecule has 0 radical (unpaired) electrons. The SMILES string of the molecule is CCC(=O)NC(CO)C(=O)NPP. The van der Waals surface area contributed by atoms with Crippen molar-refractivity contribution in [1.82, 2.24) is 10.4 Å². The normalized spacial score (nSPS) is 12.8. The molecule has 7 heteroatoms. The molecule has 0 aromatic rings. The molecule has 0 heterocycles. The van der Waals surface area contributed by atoms with E-state index in [2.05, 4.69) is 19.3 Å². The number of carbonyl (C=O) groups is 2. The third-order valence-corrected chi connectivity index (χ3v) is 2.17. The molecule has 0 saturated heterocycles. The average molecular weight is 224 g/mol. The molecular weight excluding hydrogens is 210 g/mol. The lowest BCUT2D eigenvalue weighted by atomic mass is 10.3. The van der Waals surface area contributed by atoms with E-state index in [-0.39, 0.29) is 26.8 Å². The van der Waals surface area contributed by atoms with Gasteiger partial charge in [-0.15, -0.1) is 0 Å². The summed E-state index contributed by atoms with van der Waals surface area (Å²) in [6.07, 6.45) is 0.299. The molecule has 3 N–H and O–H groups in total. The summed E-state index contributed by atoms with van der Waals surface area (Å²) in [5.74, 6) is -0.612. The van der Waals surface area contributed by atoms with Crippen LogP contribution in [0.1, 0.15) is 13.3 Å². The van der Waals surface area contributed by atoms with Crippen molar-refractivity contribution in [3.05, 3.63) is 0 Å². The molecule has 0 aliphatic rings. The van der Waals surface area contributed by atoms with Crippen molar-refractivity contribution in [2.45, 2.75) is 19.4 Å². The number of nitrogens with one attached hydrogen (secondary N) is 2. The van der Waals surface area contributed by atoms with Crippen molar-refractivity contribution < 1.29 is 14.7 Å². The fraction of sp³-hybridized carbons (Fsp3) is 0.667. The van der Waals surface area contributed by atoms with Gasteiger partial charge in [-0.25, -0.2) is 0 Å². The van der Waals surface area contributed by atoms with Gasteiger partial charge in [-0.05, 0) is 8.42 Å². The summed E-state index contributed by atoms with van der Waals surface area (Å²) in [5.41, 5.74) is 0. The van der Waals surface area contributed by atoms with Crippen molar-refractivity contribution in [1.29, 1.82) is 0 Å². The molecule has 0 fully saturated rings. The van der Waals surface area contributed by atoms with Crippen LogP contribution in [0.15, 0.2) is 0 Å².